The maximum absolute atomic E-state index is 15.3. The van der Waals surface area contributed by atoms with Crippen molar-refractivity contribution in [3.05, 3.63) is 29.8 Å². The Morgan fingerprint density at radius 2 is 1.80 bits per heavy atom. The van der Waals surface area contributed by atoms with E-state index in [0.717, 1.165) is 31.2 Å². The second-order valence-corrected chi connectivity index (χ2v) is 9.68. The largest absolute Gasteiger partial charge is 0.353 e. The van der Waals surface area contributed by atoms with Crippen LogP contribution in [0.15, 0.2) is 29.2 Å². The van der Waals surface area contributed by atoms with Gasteiger partial charge in [0.1, 0.15) is 0 Å². The summed E-state index contributed by atoms with van der Waals surface area (Å²) in [5.74, 6) is 0.128. The zero-order valence-corrected chi connectivity index (χ0v) is 15.4. The third-order valence-electron chi connectivity index (χ3n) is 5.59. The molecule has 6 heteroatoms. The second-order valence-electron chi connectivity index (χ2n) is 7.47. The van der Waals surface area contributed by atoms with Gasteiger partial charge in [-0.2, -0.15) is 0 Å². The van der Waals surface area contributed by atoms with Crippen molar-refractivity contribution in [2.24, 2.45) is 5.92 Å². The van der Waals surface area contributed by atoms with E-state index in [1.807, 2.05) is 0 Å². The molecular formula is C19H26FNO3S. The lowest BCUT2D eigenvalue weighted by Gasteiger charge is -2.34. The van der Waals surface area contributed by atoms with Crippen LogP contribution in [0.4, 0.5) is 4.39 Å². The van der Waals surface area contributed by atoms with Crippen LogP contribution in [0.5, 0.6) is 0 Å². The molecule has 1 amide bonds. The van der Waals surface area contributed by atoms with Crippen LogP contribution in [0.25, 0.3) is 0 Å². The van der Waals surface area contributed by atoms with Crippen molar-refractivity contribution in [3.63, 3.8) is 0 Å². The Labute approximate surface area is 149 Å². The van der Waals surface area contributed by atoms with E-state index in [-0.39, 0.29) is 35.6 Å². The number of carbonyl (C=O) groups excluding carboxylic acids is 1. The van der Waals surface area contributed by atoms with E-state index in [1.165, 1.54) is 12.1 Å². The highest BCUT2D eigenvalue weighted by Gasteiger charge is 2.48. The van der Waals surface area contributed by atoms with Crippen molar-refractivity contribution >= 4 is 15.7 Å². The molecule has 138 valence electrons. The summed E-state index contributed by atoms with van der Waals surface area (Å²) >= 11 is 0. The van der Waals surface area contributed by atoms with Gasteiger partial charge in [0.15, 0.2) is 0 Å². The first-order valence-electron chi connectivity index (χ1n) is 9.12. The molecule has 0 unspecified atom stereocenters. The number of halogens is 1. The standard InChI is InChI=1S/C19H26FNO3S/c1-14-5-4-8-17(13-14)25(23,24)19(20)11-9-16(10-12-19)21-18(22)15-6-2-3-7-15/h4-5,8,13,15-16H,2-3,6-7,9-12H2,1H3,(H,21,22)/t16-,19+. The van der Waals surface area contributed by atoms with E-state index in [4.69, 9.17) is 0 Å². The molecular weight excluding hydrogens is 341 g/mol. The van der Waals surface area contributed by atoms with Gasteiger partial charge in [-0.25, -0.2) is 12.8 Å². The number of hydrogen-bond acceptors (Lipinski definition) is 3. The number of aryl methyl sites for hydroxylation is 1. The SMILES string of the molecule is Cc1cccc(S(=O)(=O)[C@]2(F)CC[C@H](NC(=O)C3CCCC3)CC2)c1. The fourth-order valence-electron chi connectivity index (χ4n) is 3.96. The minimum Gasteiger partial charge on any atom is -0.353 e. The molecule has 1 aromatic rings. The Kier molecular flexibility index (Phi) is 5.19. The maximum Gasteiger partial charge on any atom is 0.223 e. The summed E-state index contributed by atoms with van der Waals surface area (Å²) < 4.78 is 40.8. The van der Waals surface area contributed by atoms with E-state index in [0.29, 0.717) is 12.8 Å². The normalized spacial score (nSPS) is 28.0. The van der Waals surface area contributed by atoms with Gasteiger partial charge in [0.05, 0.1) is 4.90 Å². The number of benzene rings is 1. The fraction of sp³-hybridized carbons (Fsp3) is 0.632. The average Bonchev–Trinajstić information content (AvgIpc) is 3.11. The summed E-state index contributed by atoms with van der Waals surface area (Å²) in [6, 6.07) is 6.28. The van der Waals surface area contributed by atoms with Crippen molar-refractivity contribution in [2.75, 3.05) is 0 Å². The zero-order chi connectivity index (χ0) is 18.1. The van der Waals surface area contributed by atoms with Crippen molar-refractivity contribution < 1.29 is 17.6 Å². The molecule has 0 spiro atoms. The van der Waals surface area contributed by atoms with E-state index >= 15 is 4.39 Å². The second kappa shape index (κ2) is 7.06. The highest BCUT2D eigenvalue weighted by Crippen LogP contribution is 2.40. The number of alkyl halides is 1. The number of nitrogens with one attached hydrogen (secondary N) is 1. The lowest BCUT2D eigenvalue weighted by atomic mass is 9.92. The first-order valence-corrected chi connectivity index (χ1v) is 10.6. The van der Waals surface area contributed by atoms with Gasteiger partial charge in [-0.3, -0.25) is 4.79 Å². The van der Waals surface area contributed by atoms with Crippen molar-refractivity contribution in [3.8, 4) is 0 Å². The van der Waals surface area contributed by atoms with Crippen LogP contribution in [0.1, 0.15) is 56.9 Å². The Morgan fingerprint density at radius 3 is 2.40 bits per heavy atom. The molecule has 2 fully saturated rings. The maximum atomic E-state index is 15.3. The molecule has 0 radical (unpaired) electrons. The Morgan fingerprint density at radius 1 is 1.16 bits per heavy atom. The summed E-state index contributed by atoms with van der Waals surface area (Å²) in [6.07, 6.45) is 4.61. The summed E-state index contributed by atoms with van der Waals surface area (Å²) in [5, 5.41) is 0.758. The van der Waals surface area contributed by atoms with E-state index < -0.39 is 14.8 Å². The first kappa shape index (κ1) is 18.4. The Bertz CT molecular complexity index is 733. The highest BCUT2D eigenvalue weighted by molar-refractivity contribution is 7.92. The minimum absolute atomic E-state index is 0.0449. The molecule has 2 aliphatic rings. The summed E-state index contributed by atoms with van der Waals surface area (Å²) in [6.45, 7) is 1.79. The Hall–Kier alpha value is -1.43. The van der Waals surface area contributed by atoms with Gasteiger partial charge in [0.2, 0.25) is 20.7 Å². The first-order chi connectivity index (χ1) is 11.8. The Balaban J connectivity index is 1.64. The number of hydrogen-bond donors (Lipinski definition) is 1. The molecule has 1 N–H and O–H groups in total. The van der Waals surface area contributed by atoms with Crippen LogP contribution >= 0.6 is 0 Å². The number of amides is 1. The fourth-order valence-corrected chi connectivity index (χ4v) is 5.76. The van der Waals surface area contributed by atoms with Crippen LogP contribution < -0.4 is 5.32 Å². The summed E-state index contributed by atoms with van der Waals surface area (Å²) in [5.41, 5.74) is 0.794. The highest BCUT2D eigenvalue weighted by atomic mass is 32.2. The van der Waals surface area contributed by atoms with Crippen LogP contribution in [0.3, 0.4) is 0 Å². The number of sulfone groups is 1. The monoisotopic (exact) mass is 367 g/mol. The van der Waals surface area contributed by atoms with Crippen LogP contribution in [0, 0.1) is 12.8 Å². The quantitative estimate of drug-likeness (QED) is 0.883. The van der Waals surface area contributed by atoms with Crippen molar-refractivity contribution in [1.29, 1.82) is 0 Å². The molecule has 25 heavy (non-hydrogen) atoms. The van der Waals surface area contributed by atoms with Crippen molar-refractivity contribution in [1.82, 2.24) is 5.32 Å². The predicted molar refractivity (Wildman–Crippen MR) is 94.6 cm³/mol. The van der Waals surface area contributed by atoms with Gasteiger partial charge in [0.25, 0.3) is 0 Å². The van der Waals surface area contributed by atoms with Gasteiger partial charge in [0, 0.05) is 12.0 Å². The van der Waals surface area contributed by atoms with E-state index in [9.17, 15) is 13.2 Å². The van der Waals surface area contributed by atoms with Gasteiger partial charge in [-0.1, -0.05) is 25.0 Å². The molecule has 2 aliphatic carbocycles. The molecule has 4 nitrogen and oxygen atoms in total. The molecule has 2 saturated carbocycles. The lowest BCUT2D eigenvalue weighted by Crippen LogP contribution is -2.46. The molecule has 1 aromatic carbocycles. The van der Waals surface area contributed by atoms with Gasteiger partial charge in [-0.05, 0) is 63.1 Å². The van der Waals surface area contributed by atoms with Crippen LogP contribution in [-0.4, -0.2) is 25.4 Å². The molecule has 3 rings (SSSR count). The topological polar surface area (TPSA) is 63.2 Å². The molecule has 0 heterocycles. The molecule has 0 bridgehead atoms. The van der Waals surface area contributed by atoms with Gasteiger partial charge < -0.3 is 5.32 Å². The van der Waals surface area contributed by atoms with Crippen LogP contribution in [-0.2, 0) is 14.6 Å². The third kappa shape index (κ3) is 3.73. The van der Waals surface area contributed by atoms with Crippen molar-refractivity contribution in [2.45, 2.75) is 74.2 Å². The van der Waals surface area contributed by atoms with Gasteiger partial charge >= 0.3 is 0 Å². The van der Waals surface area contributed by atoms with Crippen LogP contribution in [0.2, 0.25) is 0 Å². The van der Waals surface area contributed by atoms with Gasteiger partial charge in [-0.15, -0.1) is 0 Å². The van der Waals surface area contributed by atoms with E-state index in [1.54, 1.807) is 19.1 Å². The smallest absolute Gasteiger partial charge is 0.223 e. The third-order valence-corrected chi connectivity index (χ3v) is 7.83. The molecule has 0 aliphatic heterocycles. The van der Waals surface area contributed by atoms with E-state index in [2.05, 4.69) is 5.32 Å². The molecule has 0 saturated heterocycles. The average molecular weight is 367 g/mol. The number of rotatable bonds is 4. The minimum atomic E-state index is -4.03. The predicted octanol–water partition coefficient (Wildman–Crippen LogP) is 3.68. The molecule has 0 atom stereocenters. The zero-order valence-electron chi connectivity index (χ0n) is 14.6. The number of carbonyl (C=O) groups is 1. The molecule has 0 aromatic heterocycles. The lowest BCUT2D eigenvalue weighted by molar-refractivity contribution is -0.125. The summed E-state index contributed by atoms with van der Waals surface area (Å²) in [7, 11) is -4.03. The summed E-state index contributed by atoms with van der Waals surface area (Å²) in [4.78, 5) is 12.3.